The highest BCUT2D eigenvalue weighted by Crippen LogP contribution is 2.43. The zero-order valence-corrected chi connectivity index (χ0v) is 25.3. The van der Waals surface area contributed by atoms with Gasteiger partial charge in [0.2, 0.25) is 0 Å². The largest absolute Gasteiger partial charge is 0.586 e. The molecule has 9 nitrogen and oxygen atoms in total. The number of halogens is 5. The molecule has 1 aliphatic carbocycles. The summed E-state index contributed by atoms with van der Waals surface area (Å²) in [7, 11) is 0. The van der Waals surface area contributed by atoms with Crippen LogP contribution < -0.4 is 19.5 Å². The van der Waals surface area contributed by atoms with E-state index in [4.69, 9.17) is 9.47 Å². The van der Waals surface area contributed by atoms with E-state index in [0.717, 1.165) is 4.68 Å². The number of fused-ring (bicyclic) bond motifs is 2. The van der Waals surface area contributed by atoms with Crippen LogP contribution in [0.3, 0.4) is 0 Å². The van der Waals surface area contributed by atoms with E-state index >= 15 is 0 Å². The van der Waals surface area contributed by atoms with Crippen LogP contribution in [0.5, 0.6) is 17.2 Å². The molecule has 2 aliphatic rings. The summed E-state index contributed by atoms with van der Waals surface area (Å²) >= 11 is 0. The Morgan fingerprint density at radius 3 is 2.38 bits per heavy atom. The lowest BCUT2D eigenvalue weighted by Gasteiger charge is -2.26. The van der Waals surface area contributed by atoms with Gasteiger partial charge < -0.3 is 24.3 Å². The van der Waals surface area contributed by atoms with E-state index in [0.29, 0.717) is 18.6 Å². The van der Waals surface area contributed by atoms with E-state index in [9.17, 15) is 31.5 Å². The molecular formula is C33H28F5N3O6. The average Bonchev–Trinajstić information content (AvgIpc) is 3.54. The van der Waals surface area contributed by atoms with Crippen LogP contribution in [0.1, 0.15) is 77.4 Å². The molecule has 0 spiro atoms. The van der Waals surface area contributed by atoms with Gasteiger partial charge in [-0.05, 0) is 94.6 Å². The lowest BCUT2D eigenvalue weighted by Crippen LogP contribution is -2.25. The fourth-order valence-electron chi connectivity index (χ4n) is 5.36. The highest BCUT2D eigenvalue weighted by atomic mass is 19.4. The summed E-state index contributed by atoms with van der Waals surface area (Å²) in [5, 5.41) is 6.52. The van der Waals surface area contributed by atoms with E-state index in [-0.39, 0.29) is 51.7 Å². The molecular weight excluding hydrogens is 629 g/mol. The second kappa shape index (κ2) is 11.6. The molecule has 2 heterocycles. The third-order valence-corrected chi connectivity index (χ3v) is 7.27. The highest BCUT2D eigenvalue weighted by molar-refractivity contribution is 6.04. The van der Waals surface area contributed by atoms with Crippen molar-refractivity contribution in [2.75, 3.05) is 5.32 Å². The van der Waals surface area contributed by atoms with Gasteiger partial charge in [-0.2, -0.15) is 18.3 Å². The third-order valence-electron chi connectivity index (χ3n) is 7.27. The van der Waals surface area contributed by atoms with E-state index in [1.54, 1.807) is 32.9 Å². The van der Waals surface area contributed by atoms with Crippen molar-refractivity contribution in [3.05, 3.63) is 94.8 Å². The molecule has 1 amide bonds. The summed E-state index contributed by atoms with van der Waals surface area (Å²) in [6, 6.07) is 15.6. The number of carbonyl (C=O) groups is 2. The number of hydrogen-bond acceptors (Lipinski definition) is 7. The van der Waals surface area contributed by atoms with E-state index in [1.807, 2.05) is 0 Å². The number of rotatable bonds is 6. The first-order valence-corrected chi connectivity index (χ1v) is 14.6. The Labute approximate surface area is 265 Å². The van der Waals surface area contributed by atoms with Crippen LogP contribution in [0, 0.1) is 0 Å². The molecule has 6 rings (SSSR count). The van der Waals surface area contributed by atoms with Gasteiger partial charge in [-0.1, -0.05) is 6.07 Å². The number of benzene rings is 3. The molecule has 246 valence electrons. The molecule has 47 heavy (non-hydrogen) atoms. The summed E-state index contributed by atoms with van der Waals surface area (Å²) in [5.74, 6) is -1.33. The van der Waals surface area contributed by atoms with Crippen molar-refractivity contribution in [2.24, 2.45) is 0 Å². The van der Waals surface area contributed by atoms with E-state index < -0.39 is 41.7 Å². The molecule has 14 heteroatoms. The normalized spacial score (nSPS) is 16.7. The van der Waals surface area contributed by atoms with Gasteiger partial charge in [0.05, 0.1) is 16.9 Å². The van der Waals surface area contributed by atoms with Crippen molar-refractivity contribution in [3.63, 3.8) is 0 Å². The second-order valence-electron chi connectivity index (χ2n) is 12.0. The van der Waals surface area contributed by atoms with Crippen molar-refractivity contribution >= 4 is 17.6 Å². The zero-order valence-electron chi connectivity index (χ0n) is 25.3. The van der Waals surface area contributed by atoms with Crippen LogP contribution in [0.2, 0.25) is 0 Å². The molecule has 1 aliphatic heterocycles. The van der Waals surface area contributed by atoms with Crippen molar-refractivity contribution < 1.29 is 50.5 Å². The topological polar surface area (TPSA) is 101 Å². The Bertz CT molecular complexity index is 1850. The van der Waals surface area contributed by atoms with Crippen LogP contribution in [0.4, 0.5) is 27.6 Å². The maximum Gasteiger partial charge on any atom is 0.586 e. The number of nitrogens with one attached hydrogen (secondary N) is 1. The molecule has 0 saturated carbocycles. The minimum atomic E-state index is -4.75. The molecule has 4 aromatic rings. The first kappa shape index (κ1) is 31.8. The SMILES string of the molecule is CC(C)(C)OC(=O)c1ccc(OC2CCCc3c(C(F)(F)F)nn(-c4cccc(C(=O)Nc5ccc6c(c5)OC(F)(F)O6)c4)c32)cc1. The molecule has 0 bridgehead atoms. The number of carbonyl (C=O) groups excluding carboxylic acids is 2. The van der Waals surface area contributed by atoms with Gasteiger partial charge in [0.1, 0.15) is 17.5 Å². The standard InChI is InChI=1S/C33H28F5N3O6/c1-31(2,3)47-30(43)18-10-13-22(14-11-18)44-25-9-5-8-23-27(25)41(40-28(23)32(34,35)36)21-7-4-6-19(16-21)29(42)39-20-12-15-24-26(17-20)46-33(37,38)45-24/h4,6-7,10-17,25H,5,8-9H2,1-3H3,(H,39,42). The lowest BCUT2D eigenvalue weighted by atomic mass is 9.92. The first-order chi connectivity index (χ1) is 22.1. The Morgan fingerprint density at radius 2 is 1.68 bits per heavy atom. The van der Waals surface area contributed by atoms with Gasteiger partial charge in [0, 0.05) is 22.9 Å². The van der Waals surface area contributed by atoms with E-state index in [2.05, 4.69) is 19.9 Å². The van der Waals surface area contributed by atoms with Crippen LogP contribution >= 0.6 is 0 Å². The minimum Gasteiger partial charge on any atom is -0.484 e. The Balaban J connectivity index is 1.28. The predicted octanol–water partition coefficient (Wildman–Crippen LogP) is 7.88. The van der Waals surface area contributed by atoms with Crippen LogP contribution in [-0.4, -0.2) is 33.6 Å². The Morgan fingerprint density at radius 1 is 0.957 bits per heavy atom. The van der Waals surface area contributed by atoms with Crippen molar-refractivity contribution in [2.45, 2.75) is 64.2 Å². The maximum absolute atomic E-state index is 14.2. The lowest BCUT2D eigenvalue weighted by molar-refractivity contribution is -0.286. The molecule has 0 radical (unpaired) electrons. The van der Waals surface area contributed by atoms with Gasteiger partial charge in [-0.15, -0.1) is 8.78 Å². The quantitative estimate of drug-likeness (QED) is 0.166. The molecule has 1 atom stereocenters. The summed E-state index contributed by atoms with van der Waals surface area (Å²) in [4.78, 5) is 25.6. The first-order valence-electron chi connectivity index (χ1n) is 14.6. The molecule has 0 saturated heterocycles. The van der Waals surface area contributed by atoms with E-state index in [1.165, 1.54) is 54.6 Å². The number of amides is 1. The maximum atomic E-state index is 14.2. The van der Waals surface area contributed by atoms with Crippen molar-refractivity contribution in [3.8, 4) is 22.9 Å². The fourth-order valence-corrected chi connectivity index (χ4v) is 5.36. The molecule has 1 N–H and O–H groups in total. The predicted molar refractivity (Wildman–Crippen MR) is 157 cm³/mol. The second-order valence-corrected chi connectivity index (χ2v) is 12.0. The number of hydrogen-bond donors (Lipinski definition) is 1. The molecule has 0 fully saturated rings. The molecule has 1 unspecified atom stereocenters. The molecule has 3 aromatic carbocycles. The smallest absolute Gasteiger partial charge is 0.484 e. The monoisotopic (exact) mass is 657 g/mol. The van der Waals surface area contributed by atoms with Crippen LogP contribution in [0.25, 0.3) is 5.69 Å². The van der Waals surface area contributed by atoms with Gasteiger partial charge in [-0.3, -0.25) is 4.79 Å². The van der Waals surface area contributed by atoms with Crippen LogP contribution in [0.15, 0.2) is 66.7 Å². The fraction of sp³-hybridized carbons (Fsp3) is 0.303. The third kappa shape index (κ3) is 6.86. The Hall–Kier alpha value is -5.14. The summed E-state index contributed by atoms with van der Waals surface area (Å²) < 4.78 is 90.9. The number of ether oxygens (including phenoxy) is 4. The molecule has 1 aromatic heterocycles. The zero-order chi connectivity index (χ0) is 33.7. The number of aromatic nitrogens is 2. The number of anilines is 1. The van der Waals surface area contributed by atoms with Gasteiger partial charge in [0.25, 0.3) is 5.91 Å². The van der Waals surface area contributed by atoms with Crippen LogP contribution in [-0.2, 0) is 17.3 Å². The van der Waals surface area contributed by atoms with Gasteiger partial charge >= 0.3 is 18.4 Å². The number of nitrogens with zero attached hydrogens (tertiary/aromatic N) is 2. The summed E-state index contributed by atoms with van der Waals surface area (Å²) in [5.41, 5.74) is -0.908. The van der Waals surface area contributed by atoms with Crippen molar-refractivity contribution in [1.29, 1.82) is 0 Å². The minimum absolute atomic E-state index is 0.00820. The Kier molecular flexibility index (Phi) is 7.84. The average molecular weight is 658 g/mol. The highest BCUT2D eigenvalue weighted by Gasteiger charge is 2.44. The summed E-state index contributed by atoms with van der Waals surface area (Å²) in [6.45, 7) is 5.23. The number of alkyl halides is 5. The summed E-state index contributed by atoms with van der Waals surface area (Å²) in [6.07, 6.45) is -8.51. The van der Waals surface area contributed by atoms with Gasteiger partial charge in [-0.25, -0.2) is 9.48 Å². The van der Waals surface area contributed by atoms with Gasteiger partial charge in [0.15, 0.2) is 17.2 Å². The van der Waals surface area contributed by atoms with Crippen molar-refractivity contribution in [1.82, 2.24) is 9.78 Å². The number of esters is 1.